The van der Waals surface area contributed by atoms with Crippen LogP contribution in [0.25, 0.3) is 0 Å². The molecule has 1 rings (SSSR count). The quantitative estimate of drug-likeness (QED) is 0.486. The first-order chi connectivity index (χ1) is 6.38. The molecular formula is C8H17NO4. The summed E-state index contributed by atoms with van der Waals surface area (Å²) in [5.41, 5.74) is 0. The minimum atomic E-state index is -0.420. The molecule has 0 heterocycles. The normalized spacial score (nSPS) is 19.6. The number of rotatable bonds is 5. The number of nitrogens with zero attached hydrogens (tertiary/aromatic N) is 1. The largest absolute Gasteiger partial charge is 0.369 e. The molecule has 0 radical (unpaired) electrons. The summed E-state index contributed by atoms with van der Waals surface area (Å²) in [5, 5.41) is 18.4. The first-order valence-corrected chi connectivity index (χ1v) is 4.65. The lowest BCUT2D eigenvalue weighted by atomic mass is 9.96. The highest BCUT2D eigenvalue weighted by molar-refractivity contribution is 4.67. The van der Waals surface area contributed by atoms with Gasteiger partial charge in [0.05, 0.1) is 6.04 Å². The van der Waals surface area contributed by atoms with E-state index in [9.17, 15) is 0 Å². The summed E-state index contributed by atoms with van der Waals surface area (Å²) in [4.78, 5) is 9.66. The average Bonchev–Trinajstić information content (AvgIpc) is 2.19. The van der Waals surface area contributed by atoms with E-state index in [-0.39, 0.29) is 6.04 Å². The van der Waals surface area contributed by atoms with Crippen LogP contribution < -0.4 is 0 Å². The number of hydrogen-bond acceptors (Lipinski definition) is 5. The summed E-state index contributed by atoms with van der Waals surface area (Å²) in [6.07, 6.45) is 5.50. The fourth-order valence-electron chi connectivity index (χ4n) is 1.65. The highest BCUT2D eigenvalue weighted by Gasteiger charge is 2.22. The van der Waals surface area contributed by atoms with Gasteiger partial charge in [0, 0.05) is 0 Å². The maximum absolute atomic E-state index is 8.57. The van der Waals surface area contributed by atoms with Crippen LogP contribution in [0, 0.1) is 0 Å². The molecule has 0 aliphatic heterocycles. The molecule has 0 aromatic carbocycles. The summed E-state index contributed by atoms with van der Waals surface area (Å²) in [5.74, 6) is 0. The Balaban J connectivity index is 2.32. The predicted octanol–water partition coefficient (Wildman–Crippen LogP) is 0.384. The van der Waals surface area contributed by atoms with Crippen molar-refractivity contribution in [1.29, 1.82) is 0 Å². The molecule has 0 aromatic heterocycles. The third kappa shape index (κ3) is 3.58. The molecule has 0 aromatic rings. The van der Waals surface area contributed by atoms with Crippen LogP contribution in [-0.2, 0) is 9.68 Å². The van der Waals surface area contributed by atoms with Crippen LogP contribution in [0.3, 0.4) is 0 Å². The van der Waals surface area contributed by atoms with Gasteiger partial charge in [-0.3, -0.25) is 0 Å². The van der Waals surface area contributed by atoms with E-state index in [0.29, 0.717) is 0 Å². The molecule has 0 atom stereocenters. The van der Waals surface area contributed by atoms with Gasteiger partial charge in [-0.25, -0.2) is 9.68 Å². The van der Waals surface area contributed by atoms with E-state index in [1.807, 2.05) is 0 Å². The minimum Gasteiger partial charge on any atom is -0.369 e. The first-order valence-electron chi connectivity index (χ1n) is 4.65. The second kappa shape index (κ2) is 6.28. The number of aliphatic hydroxyl groups excluding tert-OH is 2. The van der Waals surface area contributed by atoms with Gasteiger partial charge in [-0.1, -0.05) is 24.5 Å². The van der Waals surface area contributed by atoms with Crippen molar-refractivity contribution in [2.24, 2.45) is 0 Å². The fourth-order valence-corrected chi connectivity index (χ4v) is 1.65. The predicted molar refractivity (Wildman–Crippen MR) is 45.1 cm³/mol. The first kappa shape index (κ1) is 10.9. The Hall–Kier alpha value is -0.200. The van der Waals surface area contributed by atoms with Crippen LogP contribution >= 0.6 is 0 Å². The van der Waals surface area contributed by atoms with Crippen molar-refractivity contribution in [3.05, 3.63) is 0 Å². The van der Waals surface area contributed by atoms with Gasteiger partial charge >= 0.3 is 0 Å². The van der Waals surface area contributed by atoms with Gasteiger partial charge < -0.3 is 10.2 Å². The molecule has 1 aliphatic rings. The second-order valence-electron chi connectivity index (χ2n) is 3.09. The molecular weight excluding hydrogens is 174 g/mol. The van der Waals surface area contributed by atoms with Crippen LogP contribution in [0.5, 0.6) is 0 Å². The molecule has 1 saturated carbocycles. The maximum atomic E-state index is 8.57. The zero-order valence-electron chi connectivity index (χ0n) is 7.69. The molecule has 13 heavy (non-hydrogen) atoms. The third-order valence-electron chi connectivity index (χ3n) is 2.24. The highest BCUT2D eigenvalue weighted by Crippen LogP contribution is 2.22. The van der Waals surface area contributed by atoms with Gasteiger partial charge in [0.2, 0.25) is 0 Å². The molecule has 0 saturated heterocycles. The van der Waals surface area contributed by atoms with E-state index in [4.69, 9.17) is 19.9 Å². The van der Waals surface area contributed by atoms with Gasteiger partial charge in [-0.2, -0.15) is 0 Å². The van der Waals surface area contributed by atoms with Crippen molar-refractivity contribution in [1.82, 2.24) is 5.23 Å². The van der Waals surface area contributed by atoms with Gasteiger partial charge in [0.15, 0.2) is 13.6 Å². The summed E-state index contributed by atoms with van der Waals surface area (Å²) >= 11 is 0. The maximum Gasteiger partial charge on any atom is 0.166 e. The van der Waals surface area contributed by atoms with Crippen LogP contribution in [0.1, 0.15) is 32.1 Å². The topological polar surface area (TPSA) is 62.2 Å². The Morgan fingerprint density at radius 3 is 2.00 bits per heavy atom. The molecule has 0 spiro atoms. The van der Waals surface area contributed by atoms with E-state index >= 15 is 0 Å². The smallest absolute Gasteiger partial charge is 0.166 e. The van der Waals surface area contributed by atoms with Crippen LogP contribution in [0.15, 0.2) is 0 Å². The molecule has 0 bridgehead atoms. The van der Waals surface area contributed by atoms with Crippen molar-refractivity contribution in [3.8, 4) is 0 Å². The van der Waals surface area contributed by atoms with Crippen molar-refractivity contribution in [2.45, 2.75) is 38.1 Å². The van der Waals surface area contributed by atoms with Crippen LogP contribution in [0.2, 0.25) is 0 Å². The monoisotopic (exact) mass is 191 g/mol. The number of hydrogen-bond donors (Lipinski definition) is 2. The van der Waals surface area contributed by atoms with E-state index in [0.717, 1.165) is 25.7 Å². The second-order valence-corrected chi connectivity index (χ2v) is 3.09. The lowest BCUT2D eigenvalue weighted by Crippen LogP contribution is -2.37. The van der Waals surface area contributed by atoms with E-state index in [1.165, 1.54) is 11.6 Å². The summed E-state index contributed by atoms with van der Waals surface area (Å²) in [6.45, 7) is -0.840. The Morgan fingerprint density at radius 1 is 1.00 bits per heavy atom. The molecule has 5 nitrogen and oxygen atoms in total. The zero-order chi connectivity index (χ0) is 9.52. The Labute approximate surface area is 77.8 Å². The van der Waals surface area contributed by atoms with Gasteiger partial charge in [0.1, 0.15) is 0 Å². The van der Waals surface area contributed by atoms with Crippen molar-refractivity contribution in [2.75, 3.05) is 13.6 Å². The Kier molecular flexibility index (Phi) is 5.26. The van der Waals surface area contributed by atoms with Gasteiger partial charge in [-0.15, -0.1) is 0 Å². The third-order valence-corrected chi connectivity index (χ3v) is 2.24. The molecule has 5 heteroatoms. The molecule has 1 fully saturated rings. The minimum absolute atomic E-state index is 0.160. The standard InChI is InChI=1S/C8H17NO4/c10-6-12-9(13-7-11)8-4-2-1-3-5-8/h8,10-11H,1-7H2. The van der Waals surface area contributed by atoms with Crippen molar-refractivity contribution in [3.63, 3.8) is 0 Å². The van der Waals surface area contributed by atoms with Crippen molar-refractivity contribution < 1.29 is 19.9 Å². The van der Waals surface area contributed by atoms with E-state index in [2.05, 4.69) is 0 Å². The van der Waals surface area contributed by atoms with E-state index in [1.54, 1.807) is 0 Å². The molecule has 78 valence electrons. The van der Waals surface area contributed by atoms with Crippen molar-refractivity contribution >= 4 is 0 Å². The lowest BCUT2D eigenvalue weighted by molar-refractivity contribution is -0.423. The Bertz CT molecular complexity index is 121. The van der Waals surface area contributed by atoms with Gasteiger partial charge in [0.25, 0.3) is 0 Å². The van der Waals surface area contributed by atoms with Crippen LogP contribution in [0.4, 0.5) is 0 Å². The van der Waals surface area contributed by atoms with Crippen LogP contribution in [-0.4, -0.2) is 35.1 Å². The zero-order valence-corrected chi connectivity index (χ0v) is 7.69. The molecule has 1 aliphatic carbocycles. The number of aliphatic hydroxyl groups is 2. The highest BCUT2D eigenvalue weighted by atomic mass is 17.0. The Morgan fingerprint density at radius 2 is 1.54 bits per heavy atom. The summed E-state index contributed by atoms with van der Waals surface area (Å²) < 4.78 is 0. The molecule has 0 amide bonds. The lowest BCUT2D eigenvalue weighted by Gasteiger charge is -2.30. The average molecular weight is 191 g/mol. The number of hydroxylamine groups is 2. The fraction of sp³-hybridized carbons (Fsp3) is 1.00. The summed E-state index contributed by atoms with van der Waals surface area (Å²) in [7, 11) is 0. The molecule has 0 unspecified atom stereocenters. The SMILES string of the molecule is OCON(OCO)C1CCCCC1. The molecule has 2 N–H and O–H groups in total. The summed E-state index contributed by atoms with van der Waals surface area (Å²) in [6, 6.07) is 0.160. The van der Waals surface area contributed by atoms with E-state index < -0.39 is 13.6 Å². The van der Waals surface area contributed by atoms with Gasteiger partial charge in [-0.05, 0) is 12.8 Å².